The first-order valence-electron chi connectivity index (χ1n) is 5.99. The molecule has 1 aromatic rings. The molecule has 7 heteroatoms. The third-order valence-corrected chi connectivity index (χ3v) is 3.05. The Kier molecular flexibility index (Phi) is 6.48. The van der Waals surface area contributed by atoms with Gasteiger partial charge in [-0.15, -0.1) is 0 Å². The first-order valence-corrected chi connectivity index (χ1v) is 6.75. The molecule has 0 aliphatic heterocycles. The molecular weight excluding hydrogens is 301 g/mol. The monoisotopic (exact) mass is 315 g/mol. The first-order chi connectivity index (χ1) is 9.42. The van der Waals surface area contributed by atoms with Crippen molar-refractivity contribution in [3.8, 4) is 0 Å². The van der Waals surface area contributed by atoms with Crippen LogP contribution in [-0.2, 0) is 9.59 Å². The van der Waals surface area contributed by atoms with E-state index in [9.17, 15) is 9.59 Å². The van der Waals surface area contributed by atoms with Gasteiger partial charge in [-0.1, -0.05) is 30.1 Å². The van der Waals surface area contributed by atoms with Gasteiger partial charge in [0.05, 0.1) is 16.5 Å². The second kappa shape index (κ2) is 7.87. The zero-order valence-corrected chi connectivity index (χ0v) is 12.7. The maximum absolute atomic E-state index is 11.8. The van der Waals surface area contributed by atoms with Crippen LogP contribution in [0, 0.1) is 0 Å². The molecule has 0 unspecified atom stereocenters. The van der Waals surface area contributed by atoms with Crippen molar-refractivity contribution in [2.75, 3.05) is 5.32 Å². The molecule has 108 valence electrons. The molecule has 0 atom stereocenters. The SMILES string of the molecule is CCC(=O)N/N=C(\C)CC(=O)Nc1ccc(Cl)c(Cl)c1. The number of nitrogens with zero attached hydrogens (tertiary/aromatic N) is 1. The number of halogens is 2. The Morgan fingerprint density at radius 2 is 1.90 bits per heavy atom. The Bertz CT molecular complexity index is 544. The van der Waals surface area contributed by atoms with Crippen LogP contribution in [0.3, 0.4) is 0 Å². The summed E-state index contributed by atoms with van der Waals surface area (Å²) in [7, 11) is 0. The van der Waals surface area contributed by atoms with Crippen LogP contribution in [-0.4, -0.2) is 17.5 Å². The maximum Gasteiger partial charge on any atom is 0.239 e. The minimum Gasteiger partial charge on any atom is -0.326 e. The lowest BCUT2D eigenvalue weighted by Gasteiger charge is -2.06. The average molecular weight is 316 g/mol. The van der Waals surface area contributed by atoms with Crippen molar-refractivity contribution >= 4 is 46.4 Å². The minimum atomic E-state index is -0.254. The Morgan fingerprint density at radius 3 is 2.50 bits per heavy atom. The van der Waals surface area contributed by atoms with E-state index in [4.69, 9.17) is 23.2 Å². The van der Waals surface area contributed by atoms with E-state index in [-0.39, 0.29) is 18.2 Å². The van der Waals surface area contributed by atoms with E-state index in [1.807, 2.05) is 0 Å². The second-order valence-corrected chi connectivity index (χ2v) is 4.90. The van der Waals surface area contributed by atoms with Gasteiger partial charge in [-0.25, -0.2) is 5.43 Å². The van der Waals surface area contributed by atoms with Crippen LogP contribution in [0.15, 0.2) is 23.3 Å². The average Bonchev–Trinajstić information content (AvgIpc) is 2.40. The van der Waals surface area contributed by atoms with E-state index in [2.05, 4.69) is 15.8 Å². The Hall–Kier alpha value is -1.59. The van der Waals surface area contributed by atoms with Gasteiger partial charge in [0, 0.05) is 17.8 Å². The topological polar surface area (TPSA) is 70.6 Å². The van der Waals surface area contributed by atoms with Crippen LogP contribution >= 0.6 is 23.2 Å². The molecule has 20 heavy (non-hydrogen) atoms. The number of hydrazone groups is 1. The molecule has 2 amide bonds. The largest absolute Gasteiger partial charge is 0.326 e. The van der Waals surface area contributed by atoms with Gasteiger partial charge in [-0.3, -0.25) is 9.59 Å². The Labute approximate surface area is 127 Å². The molecule has 0 aliphatic carbocycles. The van der Waals surface area contributed by atoms with E-state index in [1.54, 1.807) is 32.0 Å². The molecule has 0 aliphatic rings. The van der Waals surface area contributed by atoms with Crippen LogP contribution < -0.4 is 10.7 Å². The predicted molar refractivity (Wildman–Crippen MR) is 81.3 cm³/mol. The van der Waals surface area contributed by atoms with Gasteiger partial charge in [0.1, 0.15) is 0 Å². The van der Waals surface area contributed by atoms with Crippen molar-refractivity contribution < 1.29 is 9.59 Å². The highest BCUT2D eigenvalue weighted by Crippen LogP contribution is 2.24. The molecular formula is C13H15Cl2N3O2. The summed E-state index contributed by atoms with van der Waals surface area (Å²) in [6, 6.07) is 4.81. The van der Waals surface area contributed by atoms with E-state index < -0.39 is 0 Å². The fraction of sp³-hybridized carbons (Fsp3) is 0.308. The number of amides is 2. The number of rotatable bonds is 5. The fourth-order valence-corrected chi connectivity index (χ4v) is 1.59. The molecule has 0 heterocycles. The number of hydrogen-bond acceptors (Lipinski definition) is 3. The van der Waals surface area contributed by atoms with Gasteiger partial charge in [0.2, 0.25) is 11.8 Å². The summed E-state index contributed by atoms with van der Waals surface area (Å²) in [5, 5.41) is 7.27. The normalized spacial score (nSPS) is 11.1. The van der Waals surface area contributed by atoms with Crippen LogP contribution in [0.2, 0.25) is 10.0 Å². The van der Waals surface area contributed by atoms with Gasteiger partial charge in [-0.05, 0) is 25.1 Å². The summed E-state index contributed by atoms with van der Waals surface area (Å²) in [5.74, 6) is -0.454. The lowest BCUT2D eigenvalue weighted by atomic mass is 10.2. The van der Waals surface area contributed by atoms with Crippen molar-refractivity contribution in [3.05, 3.63) is 28.2 Å². The highest BCUT2D eigenvalue weighted by atomic mass is 35.5. The molecule has 0 radical (unpaired) electrons. The molecule has 2 N–H and O–H groups in total. The van der Waals surface area contributed by atoms with Gasteiger partial charge < -0.3 is 5.32 Å². The third-order valence-electron chi connectivity index (χ3n) is 2.31. The van der Waals surface area contributed by atoms with E-state index in [0.29, 0.717) is 27.9 Å². The van der Waals surface area contributed by atoms with Crippen molar-refractivity contribution in [2.24, 2.45) is 5.10 Å². The van der Waals surface area contributed by atoms with Crippen LogP contribution in [0.25, 0.3) is 0 Å². The lowest BCUT2D eigenvalue weighted by molar-refractivity contribution is -0.121. The summed E-state index contributed by atoms with van der Waals surface area (Å²) in [6.45, 7) is 3.38. The van der Waals surface area contributed by atoms with E-state index >= 15 is 0 Å². The quantitative estimate of drug-likeness (QED) is 0.647. The highest BCUT2D eigenvalue weighted by molar-refractivity contribution is 6.42. The number of carbonyl (C=O) groups is 2. The maximum atomic E-state index is 11.8. The zero-order valence-electron chi connectivity index (χ0n) is 11.2. The number of anilines is 1. The molecule has 1 aromatic carbocycles. The molecule has 0 bridgehead atoms. The minimum absolute atomic E-state index is 0.0737. The lowest BCUT2D eigenvalue weighted by Crippen LogP contribution is -2.20. The molecule has 0 saturated carbocycles. The van der Waals surface area contributed by atoms with Crippen molar-refractivity contribution in [1.82, 2.24) is 5.43 Å². The fourth-order valence-electron chi connectivity index (χ4n) is 1.29. The first kappa shape index (κ1) is 16.5. The number of carbonyl (C=O) groups excluding carboxylic acids is 2. The highest BCUT2D eigenvalue weighted by Gasteiger charge is 2.06. The second-order valence-electron chi connectivity index (χ2n) is 4.09. The number of nitrogens with one attached hydrogen (secondary N) is 2. The van der Waals surface area contributed by atoms with Gasteiger partial charge in [-0.2, -0.15) is 5.10 Å². The van der Waals surface area contributed by atoms with Gasteiger partial charge in [0.25, 0.3) is 0 Å². The van der Waals surface area contributed by atoms with Gasteiger partial charge in [0.15, 0.2) is 0 Å². The van der Waals surface area contributed by atoms with Crippen LogP contribution in [0.5, 0.6) is 0 Å². The Morgan fingerprint density at radius 1 is 1.20 bits per heavy atom. The standard InChI is InChI=1S/C13H15Cl2N3O2/c1-3-12(19)18-17-8(2)6-13(20)16-9-4-5-10(14)11(15)7-9/h4-5,7H,3,6H2,1-2H3,(H,16,20)(H,18,19)/b17-8+. The Balaban J connectivity index is 2.54. The van der Waals surface area contributed by atoms with Crippen LogP contribution in [0.4, 0.5) is 5.69 Å². The zero-order chi connectivity index (χ0) is 15.1. The van der Waals surface area contributed by atoms with Crippen molar-refractivity contribution in [2.45, 2.75) is 26.7 Å². The molecule has 0 aromatic heterocycles. The number of hydrogen-bond donors (Lipinski definition) is 2. The molecule has 5 nitrogen and oxygen atoms in total. The summed E-state index contributed by atoms with van der Waals surface area (Å²) in [4.78, 5) is 22.8. The third kappa shape index (κ3) is 5.59. The van der Waals surface area contributed by atoms with Crippen LogP contribution in [0.1, 0.15) is 26.7 Å². The van der Waals surface area contributed by atoms with E-state index in [0.717, 1.165) is 0 Å². The summed E-state index contributed by atoms with van der Waals surface area (Å²) < 4.78 is 0. The van der Waals surface area contributed by atoms with E-state index in [1.165, 1.54) is 0 Å². The molecule has 0 spiro atoms. The molecule has 0 fully saturated rings. The predicted octanol–water partition coefficient (Wildman–Crippen LogP) is 3.22. The molecule has 0 saturated heterocycles. The van der Waals surface area contributed by atoms with Crippen molar-refractivity contribution in [3.63, 3.8) is 0 Å². The summed E-state index contributed by atoms with van der Waals surface area (Å²) in [6.07, 6.45) is 0.413. The summed E-state index contributed by atoms with van der Waals surface area (Å²) in [5.41, 5.74) is 3.40. The van der Waals surface area contributed by atoms with Crippen molar-refractivity contribution in [1.29, 1.82) is 0 Å². The van der Waals surface area contributed by atoms with Gasteiger partial charge >= 0.3 is 0 Å². The smallest absolute Gasteiger partial charge is 0.239 e. The molecule has 1 rings (SSSR count). The summed E-state index contributed by atoms with van der Waals surface area (Å²) >= 11 is 11.6. The number of benzene rings is 1.